The van der Waals surface area contributed by atoms with E-state index < -0.39 is 0 Å². The average molecular weight is 299 g/mol. The summed E-state index contributed by atoms with van der Waals surface area (Å²) in [6.45, 7) is 3.87. The maximum atomic E-state index is 11.7. The molecule has 1 heterocycles. The van der Waals surface area contributed by atoms with E-state index in [1.165, 1.54) is 6.20 Å². The number of benzene rings is 1. The number of rotatable bonds is 3. The van der Waals surface area contributed by atoms with Gasteiger partial charge in [-0.15, -0.1) is 0 Å². The van der Waals surface area contributed by atoms with Gasteiger partial charge in [0.2, 0.25) is 0 Å². The van der Waals surface area contributed by atoms with Crippen LogP contribution in [0.4, 0.5) is 0 Å². The van der Waals surface area contributed by atoms with Crippen molar-refractivity contribution in [3.8, 4) is 5.69 Å². The lowest BCUT2D eigenvalue weighted by atomic mass is 10.2. The number of nitrogens with zero attached hydrogens (tertiary/aromatic N) is 2. The van der Waals surface area contributed by atoms with Crippen molar-refractivity contribution in [2.24, 2.45) is 0 Å². The fraction of sp³-hybridized carbons (Fsp3) is 0.231. The van der Waals surface area contributed by atoms with Crippen molar-refractivity contribution < 1.29 is 9.53 Å². The minimum Gasteiger partial charge on any atom is -0.462 e. The Labute approximate surface area is 120 Å². The van der Waals surface area contributed by atoms with Gasteiger partial charge in [0.1, 0.15) is 5.56 Å². The van der Waals surface area contributed by atoms with Crippen LogP contribution >= 0.6 is 23.2 Å². The first kappa shape index (κ1) is 13.9. The molecular formula is C13H12Cl2N2O2. The van der Waals surface area contributed by atoms with Crippen molar-refractivity contribution in [2.45, 2.75) is 13.8 Å². The van der Waals surface area contributed by atoms with Gasteiger partial charge in [-0.05, 0) is 32.0 Å². The third-order valence-electron chi connectivity index (χ3n) is 2.60. The van der Waals surface area contributed by atoms with Crippen LogP contribution in [0.15, 0.2) is 24.4 Å². The molecule has 1 aromatic carbocycles. The Bertz CT molecular complexity index is 603. The first-order chi connectivity index (χ1) is 9.02. The third-order valence-corrected chi connectivity index (χ3v) is 3.03. The quantitative estimate of drug-likeness (QED) is 0.812. The van der Waals surface area contributed by atoms with Crippen molar-refractivity contribution in [3.05, 3.63) is 45.7 Å². The molecule has 0 saturated heterocycles. The highest BCUT2D eigenvalue weighted by molar-refractivity contribution is 6.34. The molecule has 0 saturated carbocycles. The highest BCUT2D eigenvalue weighted by Gasteiger charge is 2.16. The van der Waals surface area contributed by atoms with Gasteiger partial charge < -0.3 is 4.74 Å². The number of carbonyl (C=O) groups excluding carboxylic acids is 1. The smallest absolute Gasteiger partial charge is 0.341 e. The Morgan fingerprint density at radius 1 is 1.32 bits per heavy atom. The zero-order chi connectivity index (χ0) is 14.0. The van der Waals surface area contributed by atoms with Crippen molar-refractivity contribution in [3.63, 3.8) is 0 Å². The molecule has 0 atom stereocenters. The Hall–Kier alpha value is -1.52. The van der Waals surface area contributed by atoms with E-state index in [2.05, 4.69) is 5.10 Å². The highest BCUT2D eigenvalue weighted by atomic mass is 35.5. The molecule has 6 heteroatoms. The number of aromatic nitrogens is 2. The molecule has 0 amide bonds. The van der Waals surface area contributed by atoms with Gasteiger partial charge in [0, 0.05) is 10.0 Å². The van der Waals surface area contributed by atoms with Crippen LogP contribution in [0.3, 0.4) is 0 Å². The highest BCUT2D eigenvalue weighted by Crippen LogP contribution is 2.23. The fourth-order valence-corrected chi connectivity index (χ4v) is 2.26. The molecule has 2 rings (SSSR count). The molecule has 0 bridgehead atoms. The second-order valence-electron chi connectivity index (χ2n) is 3.90. The van der Waals surface area contributed by atoms with Crippen LogP contribution in [0.2, 0.25) is 10.0 Å². The summed E-state index contributed by atoms with van der Waals surface area (Å²) in [6, 6.07) is 5.09. The third kappa shape index (κ3) is 2.91. The Balaban J connectivity index is 2.44. The van der Waals surface area contributed by atoms with Gasteiger partial charge in [-0.2, -0.15) is 5.10 Å². The summed E-state index contributed by atoms with van der Waals surface area (Å²) < 4.78 is 6.56. The molecule has 0 N–H and O–H groups in total. The predicted octanol–water partition coefficient (Wildman–Crippen LogP) is 3.66. The number of halogens is 2. The molecule has 2 aromatic rings. The normalized spacial score (nSPS) is 10.5. The van der Waals surface area contributed by atoms with Crippen molar-refractivity contribution in [2.75, 3.05) is 6.61 Å². The van der Waals surface area contributed by atoms with Crippen LogP contribution in [0.5, 0.6) is 0 Å². The van der Waals surface area contributed by atoms with E-state index in [0.717, 1.165) is 0 Å². The number of carbonyl (C=O) groups is 1. The Morgan fingerprint density at radius 3 is 2.53 bits per heavy atom. The summed E-state index contributed by atoms with van der Waals surface area (Å²) in [7, 11) is 0. The summed E-state index contributed by atoms with van der Waals surface area (Å²) in [5.41, 5.74) is 1.81. The molecule has 0 unspecified atom stereocenters. The first-order valence-electron chi connectivity index (χ1n) is 5.71. The van der Waals surface area contributed by atoms with Gasteiger partial charge in [0.15, 0.2) is 0 Å². The zero-order valence-electron chi connectivity index (χ0n) is 10.5. The standard InChI is InChI=1S/C13H12Cl2N2O2/c1-3-19-13(18)12-7-16-17(8(12)2)11-5-9(14)4-10(15)6-11/h4-7H,3H2,1-2H3. The van der Waals surface area contributed by atoms with E-state index in [1.807, 2.05) is 0 Å². The Kier molecular flexibility index (Phi) is 4.12. The summed E-state index contributed by atoms with van der Waals surface area (Å²) in [4.78, 5) is 11.7. The minimum absolute atomic E-state index is 0.326. The van der Waals surface area contributed by atoms with Crippen LogP contribution in [0.1, 0.15) is 23.0 Å². The topological polar surface area (TPSA) is 44.1 Å². The predicted molar refractivity (Wildman–Crippen MR) is 74.3 cm³/mol. The molecule has 19 heavy (non-hydrogen) atoms. The Morgan fingerprint density at radius 2 is 1.95 bits per heavy atom. The molecule has 0 spiro atoms. The molecule has 0 radical (unpaired) electrons. The summed E-state index contributed by atoms with van der Waals surface area (Å²) in [5, 5.41) is 5.19. The van der Waals surface area contributed by atoms with E-state index in [9.17, 15) is 4.79 Å². The lowest BCUT2D eigenvalue weighted by molar-refractivity contribution is 0.0525. The maximum Gasteiger partial charge on any atom is 0.341 e. The molecule has 100 valence electrons. The minimum atomic E-state index is -0.389. The number of hydrogen-bond acceptors (Lipinski definition) is 3. The van der Waals surface area contributed by atoms with Gasteiger partial charge in [-0.1, -0.05) is 23.2 Å². The van der Waals surface area contributed by atoms with Gasteiger partial charge in [-0.3, -0.25) is 0 Å². The molecule has 0 aliphatic carbocycles. The second kappa shape index (κ2) is 5.63. The number of esters is 1. The lowest BCUT2D eigenvalue weighted by Crippen LogP contribution is -2.06. The van der Waals surface area contributed by atoms with Gasteiger partial charge in [0.25, 0.3) is 0 Å². The first-order valence-corrected chi connectivity index (χ1v) is 6.46. The van der Waals surface area contributed by atoms with Gasteiger partial charge in [-0.25, -0.2) is 9.48 Å². The fourth-order valence-electron chi connectivity index (χ4n) is 1.74. The molecule has 0 aliphatic rings. The van der Waals surface area contributed by atoms with Gasteiger partial charge in [0.05, 0.1) is 24.2 Å². The van der Waals surface area contributed by atoms with Crippen LogP contribution in [0, 0.1) is 6.92 Å². The molecule has 0 fully saturated rings. The molecule has 0 aliphatic heterocycles. The van der Waals surface area contributed by atoms with Crippen LogP contribution in [0.25, 0.3) is 5.69 Å². The summed E-state index contributed by atoms with van der Waals surface area (Å²) in [5.74, 6) is -0.389. The van der Waals surface area contributed by atoms with Crippen molar-refractivity contribution in [1.29, 1.82) is 0 Å². The zero-order valence-corrected chi connectivity index (χ0v) is 12.0. The summed E-state index contributed by atoms with van der Waals surface area (Å²) >= 11 is 11.9. The molecule has 4 nitrogen and oxygen atoms in total. The van der Waals surface area contributed by atoms with Crippen molar-refractivity contribution >= 4 is 29.2 Å². The molecule has 1 aromatic heterocycles. The average Bonchev–Trinajstić information content (AvgIpc) is 2.70. The SMILES string of the molecule is CCOC(=O)c1cnn(-c2cc(Cl)cc(Cl)c2)c1C. The molecular weight excluding hydrogens is 287 g/mol. The van der Waals surface area contributed by atoms with E-state index in [1.54, 1.807) is 36.7 Å². The van der Waals surface area contributed by atoms with Crippen LogP contribution < -0.4 is 0 Å². The lowest BCUT2D eigenvalue weighted by Gasteiger charge is -2.06. The van der Waals surface area contributed by atoms with E-state index in [0.29, 0.717) is 33.6 Å². The number of hydrogen-bond donors (Lipinski definition) is 0. The summed E-state index contributed by atoms with van der Waals surface area (Å²) in [6.07, 6.45) is 1.47. The largest absolute Gasteiger partial charge is 0.462 e. The second-order valence-corrected chi connectivity index (χ2v) is 4.78. The van der Waals surface area contributed by atoms with Crippen LogP contribution in [-0.4, -0.2) is 22.4 Å². The monoisotopic (exact) mass is 298 g/mol. The van der Waals surface area contributed by atoms with E-state index in [4.69, 9.17) is 27.9 Å². The van der Waals surface area contributed by atoms with E-state index >= 15 is 0 Å². The van der Waals surface area contributed by atoms with Crippen LogP contribution in [-0.2, 0) is 4.74 Å². The maximum absolute atomic E-state index is 11.7. The van der Waals surface area contributed by atoms with Crippen molar-refractivity contribution in [1.82, 2.24) is 9.78 Å². The number of ether oxygens (including phenoxy) is 1. The van der Waals surface area contributed by atoms with E-state index in [-0.39, 0.29) is 5.97 Å². The van der Waals surface area contributed by atoms with Gasteiger partial charge >= 0.3 is 5.97 Å².